The van der Waals surface area contributed by atoms with E-state index >= 15 is 0 Å². The van der Waals surface area contributed by atoms with Crippen molar-refractivity contribution in [3.05, 3.63) is 88.5 Å². The highest BCUT2D eigenvalue weighted by Crippen LogP contribution is 2.22. The van der Waals surface area contributed by atoms with Crippen molar-refractivity contribution in [2.75, 3.05) is 11.8 Å². The van der Waals surface area contributed by atoms with E-state index in [1.54, 1.807) is 24.3 Å². The minimum atomic E-state index is -3.96. The number of carbonyl (C=O) groups is 2. The number of nitrogens with zero attached hydrogens (tertiary/aromatic N) is 2. The fraction of sp³-hybridized carbons (Fsp3) is 0.125. The number of nitrogens with one attached hydrogen (secondary N) is 1. The first kappa shape index (κ1) is 24.3. The minimum Gasteiger partial charge on any atom is -0.468 e. The summed E-state index contributed by atoms with van der Waals surface area (Å²) in [6.45, 7) is 1.60. The number of hydrogen-bond acceptors (Lipinski definition) is 6. The third-order valence-electron chi connectivity index (χ3n) is 5.09. The molecule has 1 heterocycles. The van der Waals surface area contributed by atoms with E-state index in [4.69, 9.17) is 4.74 Å². The van der Waals surface area contributed by atoms with Gasteiger partial charge in [0.2, 0.25) is 0 Å². The van der Waals surface area contributed by atoms with Crippen molar-refractivity contribution in [2.24, 2.45) is 4.99 Å². The molecule has 0 atom stereocenters. The number of anilines is 1. The summed E-state index contributed by atoms with van der Waals surface area (Å²) in [6.07, 6.45) is 0. The molecular formula is C24H20FN3O5S2. The average Bonchev–Trinajstić information content (AvgIpc) is 3.14. The SMILES string of the molecule is COC(=O)Cn1c(=NC(=O)c2ccccc2NS(=O)(=O)c2ccc(C)cc2)sc2cc(F)ccc21. The monoisotopic (exact) mass is 513 g/mol. The Bertz CT molecular complexity index is 1610. The summed E-state index contributed by atoms with van der Waals surface area (Å²) in [5.74, 6) is -1.79. The zero-order chi connectivity index (χ0) is 25.2. The van der Waals surface area contributed by atoms with Gasteiger partial charge in [0.05, 0.1) is 33.5 Å². The van der Waals surface area contributed by atoms with Crippen LogP contribution in [0.4, 0.5) is 10.1 Å². The summed E-state index contributed by atoms with van der Waals surface area (Å²) in [4.78, 5) is 29.4. The van der Waals surface area contributed by atoms with Gasteiger partial charge in [0, 0.05) is 0 Å². The first-order valence-electron chi connectivity index (χ1n) is 10.3. The number of amides is 1. The highest BCUT2D eigenvalue weighted by atomic mass is 32.2. The molecule has 1 N–H and O–H groups in total. The highest BCUT2D eigenvalue weighted by Gasteiger charge is 2.19. The maximum atomic E-state index is 13.7. The first-order valence-corrected chi connectivity index (χ1v) is 12.6. The standard InChI is InChI=1S/C24H20FN3O5S2/c1-15-7-10-17(11-8-15)35(31,32)27-19-6-4-3-5-18(19)23(30)26-24-28(14-22(29)33-2)20-12-9-16(25)13-21(20)34-24/h3-13,27H,14H2,1-2H3. The van der Waals surface area contributed by atoms with Crippen LogP contribution in [-0.4, -0.2) is 32.0 Å². The number of benzene rings is 3. The number of halogens is 1. The first-order chi connectivity index (χ1) is 16.7. The maximum absolute atomic E-state index is 13.7. The van der Waals surface area contributed by atoms with E-state index in [1.165, 1.54) is 54.1 Å². The molecule has 1 amide bonds. The van der Waals surface area contributed by atoms with Crippen molar-refractivity contribution < 1.29 is 27.1 Å². The lowest BCUT2D eigenvalue weighted by Gasteiger charge is -2.11. The van der Waals surface area contributed by atoms with E-state index in [0.29, 0.717) is 10.2 Å². The summed E-state index contributed by atoms with van der Waals surface area (Å²) < 4.78 is 48.6. The maximum Gasteiger partial charge on any atom is 0.325 e. The third-order valence-corrected chi connectivity index (χ3v) is 7.51. The van der Waals surface area contributed by atoms with Crippen LogP contribution in [0.25, 0.3) is 10.2 Å². The van der Waals surface area contributed by atoms with Gasteiger partial charge < -0.3 is 9.30 Å². The molecule has 0 radical (unpaired) electrons. The summed E-state index contributed by atoms with van der Waals surface area (Å²) in [7, 11) is -2.73. The zero-order valence-corrected chi connectivity index (χ0v) is 20.3. The van der Waals surface area contributed by atoms with Crippen molar-refractivity contribution in [3.63, 3.8) is 0 Å². The van der Waals surface area contributed by atoms with Crippen LogP contribution in [0.5, 0.6) is 0 Å². The number of aryl methyl sites for hydroxylation is 1. The predicted octanol–water partition coefficient (Wildman–Crippen LogP) is 3.87. The number of aromatic nitrogens is 1. The Labute approximate surface area is 204 Å². The number of carbonyl (C=O) groups excluding carboxylic acids is 2. The van der Waals surface area contributed by atoms with Gasteiger partial charge in [-0.05, 0) is 49.4 Å². The minimum absolute atomic E-state index is 0.0106. The van der Waals surface area contributed by atoms with E-state index in [0.717, 1.165) is 16.9 Å². The molecule has 180 valence electrons. The average molecular weight is 514 g/mol. The second-order valence-corrected chi connectivity index (χ2v) is 10.2. The van der Waals surface area contributed by atoms with Gasteiger partial charge in [0.25, 0.3) is 15.9 Å². The number of hydrogen-bond donors (Lipinski definition) is 1. The van der Waals surface area contributed by atoms with Crippen molar-refractivity contribution in [3.8, 4) is 0 Å². The molecule has 0 aliphatic heterocycles. The molecule has 0 fully saturated rings. The number of thiazole rings is 1. The summed E-state index contributed by atoms with van der Waals surface area (Å²) in [5, 5.41) is 0. The molecule has 11 heteroatoms. The van der Waals surface area contributed by atoms with Crippen LogP contribution in [0.15, 0.2) is 76.6 Å². The van der Waals surface area contributed by atoms with E-state index in [-0.39, 0.29) is 27.5 Å². The summed E-state index contributed by atoms with van der Waals surface area (Å²) in [5.41, 5.74) is 1.47. The van der Waals surface area contributed by atoms with E-state index in [2.05, 4.69) is 9.71 Å². The molecule has 0 aliphatic rings. The fourth-order valence-electron chi connectivity index (χ4n) is 3.31. The van der Waals surface area contributed by atoms with Gasteiger partial charge in [-0.1, -0.05) is 41.2 Å². The number of para-hydroxylation sites is 1. The molecule has 0 spiro atoms. The van der Waals surface area contributed by atoms with Crippen LogP contribution in [0.1, 0.15) is 15.9 Å². The quantitative estimate of drug-likeness (QED) is 0.394. The van der Waals surface area contributed by atoms with Crippen molar-refractivity contribution in [2.45, 2.75) is 18.4 Å². The molecule has 8 nitrogen and oxygen atoms in total. The van der Waals surface area contributed by atoms with E-state index < -0.39 is 27.7 Å². The second kappa shape index (κ2) is 9.80. The van der Waals surface area contributed by atoms with Crippen LogP contribution in [-0.2, 0) is 26.1 Å². The lowest BCUT2D eigenvalue weighted by Crippen LogP contribution is -2.22. The van der Waals surface area contributed by atoms with Crippen molar-refractivity contribution >= 4 is 49.1 Å². The topological polar surface area (TPSA) is 107 Å². The smallest absolute Gasteiger partial charge is 0.325 e. The number of fused-ring (bicyclic) bond motifs is 1. The Kier molecular flexibility index (Phi) is 6.81. The molecule has 0 saturated heterocycles. The fourth-order valence-corrected chi connectivity index (χ4v) is 5.44. The number of ether oxygens (including phenoxy) is 1. The Hall–Kier alpha value is -3.83. The molecule has 0 bridgehead atoms. The van der Waals surface area contributed by atoms with Gasteiger partial charge in [-0.15, -0.1) is 0 Å². The molecular weight excluding hydrogens is 493 g/mol. The molecule has 4 rings (SSSR count). The molecule has 0 saturated carbocycles. The highest BCUT2D eigenvalue weighted by molar-refractivity contribution is 7.92. The van der Waals surface area contributed by atoms with Gasteiger partial charge in [-0.3, -0.25) is 14.3 Å². The number of sulfonamides is 1. The third kappa shape index (κ3) is 5.31. The number of methoxy groups -OCH3 is 1. The van der Waals surface area contributed by atoms with E-state index in [9.17, 15) is 22.4 Å². The van der Waals surface area contributed by atoms with Crippen molar-refractivity contribution in [1.29, 1.82) is 0 Å². The Balaban J connectivity index is 1.76. The van der Waals surface area contributed by atoms with E-state index in [1.807, 2.05) is 6.92 Å². The Morgan fingerprint density at radius 1 is 1.09 bits per heavy atom. The van der Waals surface area contributed by atoms with Gasteiger partial charge in [-0.25, -0.2) is 12.8 Å². The molecule has 35 heavy (non-hydrogen) atoms. The molecule has 0 aliphatic carbocycles. The largest absolute Gasteiger partial charge is 0.468 e. The number of esters is 1. The zero-order valence-electron chi connectivity index (χ0n) is 18.7. The lowest BCUT2D eigenvalue weighted by atomic mass is 10.2. The van der Waals surface area contributed by atoms with Crippen LogP contribution in [0.3, 0.4) is 0 Å². The number of rotatable bonds is 6. The van der Waals surface area contributed by atoms with Crippen LogP contribution >= 0.6 is 11.3 Å². The Morgan fingerprint density at radius 2 is 1.80 bits per heavy atom. The molecule has 1 aromatic heterocycles. The summed E-state index contributed by atoms with van der Waals surface area (Å²) in [6, 6.07) is 16.3. The van der Waals surface area contributed by atoms with Gasteiger partial charge in [-0.2, -0.15) is 4.99 Å². The van der Waals surface area contributed by atoms with Gasteiger partial charge in [0.1, 0.15) is 12.4 Å². The van der Waals surface area contributed by atoms with Crippen LogP contribution in [0.2, 0.25) is 0 Å². The molecule has 0 unspecified atom stereocenters. The van der Waals surface area contributed by atoms with Gasteiger partial charge in [0.15, 0.2) is 4.80 Å². The summed E-state index contributed by atoms with van der Waals surface area (Å²) >= 11 is 1.02. The Morgan fingerprint density at radius 3 is 2.51 bits per heavy atom. The van der Waals surface area contributed by atoms with Crippen molar-refractivity contribution in [1.82, 2.24) is 4.57 Å². The normalized spacial score (nSPS) is 12.0. The van der Waals surface area contributed by atoms with Gasteiger partial charge >= 0.3 is 5.97 Å². The molecule has 3 aromatic carbocycles. The second-order valence-electron chi connectivity index (χ2n) is 7.54. The predicted molar refractivity (Wildman–Crippen MR) is 130 cm³/mol. The van der Waals surface area contributed by atoms with Crippen LogP contribution in [0, 0.1) is 12.7 Å². The molecule has 4 aromatic rings. The van der Waals surface area contributed by atoms with Crippen LogP contribution < -0.4 is 9.52 Å². The lowest BCUT2D eigenvalue weighted by molar-refractivity contribution is -0.141.